The van der Waals surface area contributed by atoms with Gasteiger partial charge in [0, 0.05) is 5.57 Å². The fraction of sp³-hybridized carbons (Fsp3) is 0.333. The van der Waals surface area contributed by atoms with E-state index >= 15 is 0 Å². The zero-order valence-electron chi connectivity index (χ0n) is 12.3. The Morgan fingerprint density at radius 3 is 2.32 bits per heavy atom. The molecule has 106 valence electrons. The molecule has 0 saturated carbocycles. The molecule has 1 aromatic rings. The number of ketones is 1. The molecule has 0 unspecified atom stereocenters. The summed E-state index contributed by atoms with van der Waals surface area (Å²) in [4.78, 5) is 18.0. The van der Waals surface area contributed by atoms with Gasteiger partial charge in [0.15, 0.2) is 0 Å². The van der Waals surface area contributed by atoms with Crippen molar-refractivity contribution < 1.29 is 9.18 Å². The third kappa shape index (κ3) is 7.13. The molecule has 0 aromatic carbocycles. The van der Waals surface area contributed by atoms with Gasteiger partial charge in [-0.2, -0.15) is 0 Å². The first kappa shape index (κ1) is 19.4. The molecule has 0 atom stereocenters. The highest BCUT2D eigenvalue weighted by Gasteiger charge is 2.10. The Morgan fingerprint density at radius 1 is 1.37 bits per heavy atom. The fourth-order valence-electron chi connectivity index (χ4n) is 0.985. The van der Waals surface area contributed by atoms with E-state index in [0.717, 1.165) is 6.08 Å². The number of H-pyrrole nitrogens is 1. The monoisotopic (exact) mass is 266 g/mol. The minimum atomic E-state index is -0.474. The van der Waals surface area contributed by atoms with Crippen LogP contribution in [-0.2, 0) is 0 Å². The molecule has 0 bridgehead atoms. The van der Waals surface area contributed by atoms with E-state index in [1.807, 2.05) is 27.7 Å². The highest BCUT2D eigenvalue weighted by molar-refractivity contribution is 6.09. The molecule has 19 heavy (non-hydrogen) atoms. The van der Waals surface area contributed by atoms with Crippen LogP contribution in [0.15, 0.2) is 48.7 Å². The second-order valence-corrected chi connectivity index (χ2v) is 2.77. The van der Waals surface area contributed by atoms with Gasteiger partial charge in [-0.15, -0.1) is 0 Å². The van der Waals surface area contributed by atoms with Gasteiger partial charge < -0.3 is 4.98 Å². The number of allylic oxidation sites excluding steroid dienone is 5. The molecule has 0 amide bonds. The molecule has 1 N–H and O–H groups in total. The van der Waals surface area contributed by atoms with Crippen molar-refractivity contribution in [2.24, 2.45) is 0 Å². The maximum Gasteiger partial charge on any atom is 0.210 e. The third-order valence-corrected chi connectivity index (χ3v) is 1.79. The van der Waals surface area contributed by atoms with E-state index in [1.54, 1.807) is 6.92 Å². The molecule has 0 aliphatic rings. The van der Waals surface area contributed by atoms with Crippen LogP contribution in [0.25, 0.3) is 0 Å². The Balaban J connectivity index is 0. The minimum Gasteiger partial charge on any atom is -0.342 e. The highest BCUT2D eigenvalue weighted by atomic mass is 19.1. The first-order chi connectivity index (χ1) is 9.19. The molecule has 0 spiro atoms. The predicted molar refractivity (Wildman–Crippen MR) is 78.8 cm³/mol. The number of carbonyl (C=O) groups is 1. The van der Waals surface area contributed by atoms with Crippen molar-refractivity contribution in [2.45, 2.75) is 34.6 Å². The minimum absolute atomic E-state index is 0.190. The number of Topliss-reactive ketones (excluding diaryl/α,β-unsaturated/α-hetero) is 1. The predicted octanol–water partition coefficient (Wildman–Crippen LogP) is 4.63. The van der Waals surface area contributed by atoms with Gasteiger partial charge in [0.1, 0.15) is 11.5 Å². The van der Waals surface area contributed by atoms with Crippen LogP contribution in [0, 0.1) is 0 Å². The molecule has 0 aliphatic heterocycles. The van der Waals surface area contributed by atoms with Crippen molar-refractivity contribution in [3.8, 4) is 0 Å². The van der Waals surface area contributed by atoms with Crippen LogP contribution in [-0.4, -0.2) is 15.8 Å². The first-order valence-electron chi connectivity index (χ1n) is 6.38. The summed E-state index contributed by atoms with van der Waals surface area (Å²) in [5.41, 5.74) is 0.500. The van der Waals surface area contributed by atoms with Gasteiger partial charge in [-0.3, -0.25) is 4.79 Å². The molecule has 3 nitrogen and oxygen atoms in total. The van der Waals surface area contributed by atoms with Crippen LogP contribution in [0.2, 0.25) is 0 Å². The zero-order valence-corrected chi connectivity index (χ0v) is 12.3. The molecule has 0 fully saturated rings. The van der Waals surface area contributed by atoms with Crippen LogP contribution in [0.5, 0.6) is 0 Å². The number of carbonyl (C=O) groups excluding carboxylic acids is 1. The summed E-state index contributed by atoms with van der Waals surface area (Å²) < 4.78 is 12.9. The van der Waals surface area contributed by atoms with Crippen molar-refractivity contribution in [1.82, 2.24) is 9.97 Å². The maximum absolute atomic E-state index is 12.9. The number of rotatable bonds is 4. The second-order valence-electron chi connectivity index (χ2n) is 2.77. The standard InChI is InChI=1S/C11H11FN2O.2C2H6/c1-3-8(5-9(12)4-2)11(15)10-6-13-7-14-10;2*1-2/h3-7H,1H2,2H3,(H,13,14);2*1-2H3/b8-5+,9-4+;;. The molecular formula is C15H23FN2O. The van der Waals surface area contributed by atoms with Crippen molar-refractivity contribution in [1.29, 1.82) is 0 Å². The van der Waals surface area contributed by atoms with Crippen molar-refractivity contribution in [3.05, 3.63) is 54.4 Å². The van der Waals surface area contributed by atoms with Crippen LogP contribution >= 0.6 is 0 Å². The summed E-state index contributed by atoms with van der Waals surface area (Å²) in [5.74, 6) is -0.808. The smallest absolute Gasteiger partial charge is 0.210 e. The van der Waals surface area contributed by atoms with Gasteiger partial charge in [-0.1, -0.05) is 46.4 Å². The quantitative estimate of drug-likeness (QED) is 0.490. The third-order valence-electron chi connectivity index (χ3n) is 1.79. The summed E-state index contributed by atoms with van der Waals surface area (Å²) >= 11 is 0. The molecule has 1 heterocycles. The molecule has 0 aliphatic carbocycles. The van der Waals surface area contributed by atoms with Crippen molar-refractivity contribution >= 4 is 5.78 Å². The summed E-state index contributed by atoms with van der Waals surface area (Å²) in [7, 11) is 0. The number of aromatic nitrogens is 2. The van der Waals surface area contributed by atoms with Crippen molar-refractivity contribution in [2.75, 3.05) is 0 Å². The Morgan fingerprint density at radius 2 is 1.95 bits per heavy atom. The Bertz CT molecular complexity index is 417. The second kappa shape index (κ2) is 12.5. The Hall–Kier alpha value is -1.97. The number of halogens is 1. The van der Waals surface area contributed by atoms with Gasteiger partial charge in [0.25, 0.3) is 0 Å². The average molecular weight is 266 g/mol. The lowest BCUT2D eigenvalue weighted by Crippen LogP contribution is -2.01. The summed E-state index contributed by atoms with van der Waals surface area (Å²) in [6, 6.07) is 0. The largest absolute Gasteiger partial charge is 0.342 e. The molecule has 1 aromatic heterocycles. The topological polar surface area (TPSA) is 45.8 Å². The van der Waals surface area contributed by atoms with E-state index in [9.17, 15) is 9.18 Å². The van der Waals surface area contributed by atoms with E-state index in [0.29, 0.717) is 5.69 Å². The van der Waals surface area contributed by atoms with E-state index < -0.39 is 5.83 Å². The molecular weight excluding hydrogens is 243 g/mol. The number of imidazole rings is 1. The van der Waals surface area contributed by atoms with Gasteiger partial charge in [-0.05, 0) is 13.0 Å². The van der Waals surface area contributed by atoms with E-state index in [2.05, 4.69) is 16.5 Å². The number of nitrogens with one attached hydrogen (secondary N) is 1. The average Bonchev–Trinajstić information content (AvgIpc) is 3.02. The zero-order chi connectivity index (χ0) is 15.3. The van der Waals surface area contributed by atoms with E-state index in [-0.39, 0.29) is 11.4 Å². The Kier molecular flexibility index (Phi) is 12.7. The van der Waals surface area contributed by atoms with Crippen LogP contribution in [0.1, 0.15) is 45.1 Å². The van der Waals surface area contributed by atoms with E-state index in [4.69, 9.17) is 0 Å². The lowest BCUT2D eigenvalue weighted by molar-refractivity contribution is 0.103. The molecule has 4 heteroatoms. The van der Waals surface area contributed by atoms with Gasteiger partial charge in [0.2, 0.25) is 5.78 Å². The first-order valence-corrected chi connectivity index (χ1v) is 6.38. The van der Waals surface area contributed by atoms with E-state index in [1.165, 1.54) is 24.7 Å². The van der Waals surface area contributed by atoms with Crippen LogP contribution in [0.3, 0.4) is 0 Å². The normalized spacial score (nSPS) is 10.6. The molecule has 1 rings (SSSR count). The van der Waals surface area contributed by atoms with Gasteiger partial charge in [-0.25, -0.2) is 9.37 Å². The number of aromatic amines is 1. The van der Waals surface area contributed by atoms with Crippen LogP contribution < -0.4 is 0 Å². The summed E-state index contributed by atoms with van der Waals surface area (Å²) in [5, 5.41) is 0. The van der Waals surface area contributed by atoms with Gasteiger partial charge in [0.05, 0.1) is 12.5 Å². The summed E-state index contributed by atoms with van der Waals surface area (Å²) in [6.45, 7) is 13.0. The number of hydrogen-bond donors (Lipinski definition) is 1. The SMILES string of the molecule is C=C/C(=C\C(F)=C/C)C(=O)c1cnc[nH]1.CC.CC. The number of nitrogens with zero attached hydrogens (tertiary/aromatic N) is 1. The van der Waals surface area contributed by atoms with Gasteiger partial charge >= 0.3 is 0 Å². The fourth-order valence-corrected chi connectivity index (χ4v) is 0.985. The lowest BCUT2D eigenvalue weighted by Gasteiger charge is -1.97. The maximum atomic E-state index is 12.9. The summed E-state index contributed by atoms with van der Waals surface area (Å²) in [6.07, 6.45) is 6.49. The lowest BCUT2D eigenvalue weighted by atomic mass is 10.1. The highest BCUT2D eigenvalue weighted by Crippen LogP contribution is 2.10. The Labute approximate surface area is 115 Å². The number of hydrogen-bond acceptors (Lipinski definition) is 2. The van der Waals surface area contributed by atoms with Crippen molar-refractivity contribution in [3.63, 3.8) is 0 Å². The molecule has 0 saturated heterocycles. The van der Waals surface area contributed by atoms with Crippen LogP contribution in [0.4, 0.5) is 4.39 Å². The molecule has 0 radical (unpaired) electrons.